The van der Waals surface area contributed by atoms with Gasteiger partial charge in [-0.2, -0.15) is 0 Å². The molecule has 2 rings (SSSR count). The predicted molar refractivity (Wildman–Crippen MR) is 54.5 cm³/mol. The van der Waals surface area contributed by atoms with Gasteiger partial charge in [0.05, 0.1) is 11.9 Å². The number of hydrogen-bond donors (Lipinski definition) is 0. The molecule has 2 aromatic rings. The average Bonchev–Trinajstić information content (AvgIpc) is 2.29. The van der Waals surface area contributed by atoms with Crippen LogP contribution < -0.4 is 5.56 Å². The van der Waals surface area contributed by atoms with E-state index in [1.54, 1.807) is 24.3 Å². The van der Waals surface area contributed by atoms with E-state index in [9.17, 15) is 9.59 Å². The highest BCUT2D eigenvalue weighted by Gasteiger charge is 2.03. The molecule has 76 valence electrons. The van der Waals surface area contributed by atoms with Crippen molar-refractivity contribution in [2.45, 2.75) is 13.0 Å². The molecule has 5 nitrogen and oxygen atoms in total. The number of aryl methyl sites for hydroxylation is 1. The Hall–Kier alpha value is -2.04. The first-order valence-corrected chi connectivity index (χ1v) is 4.59. The number of aldehydes is 1. The van der Waals surface area contributed by atoms with Gasteiger partial charge in [0, 0.05) is 6.42 Å². The largest absolute Gasteiger partial charge is 0.303 e. The highest BCUT2D eigenvalue weighted by Crippen LogP contribution is 2.03. The van der Waals surface area contributed by atoms with Gasteiger partial charge in [-0.15, -0.1) is 5.10 Å². The van der Waals surface area contributed by atoms with Gasteiger partial charge in [-0.1, -0.05) is 17.3 Å². The number of carbonyl (C=O) groups is 1. The van der Waals surface area contributed by atoms with Crippen molar-refractivity contribution in [3.05, 3.63) is 34.6 Å². The molecule has 1 aromatic carbocycles. The van der Waals surface area contributed by atoms with Crippen molar-refractivity contribution in [3.63, 3.8) is 0 Å². The standard InChI is InChI=1S/C10H9N3O2/c14-7-3-6-13-10(15)8-4-1-2-5-9(8)11-12-13/h1-2,4-5,7H,3,6H2. The zero-order valence-corrected chi connectivity index (χ0v) is 7.96. The molecule has 0 fully saturated rings. The number of fused-ring (bicyclic) bond motifs is 1. The van der Waals surface area contributed by atoms with Gasteiger partial charge in [-0.3, -0.25) is 4.79 Å². The maximum absolute atomic E-state index is 11.8. The van der Waals surface area contributed by atoms with Crippen LogP contribution in [0.25, 0.3) is 10.9 Å². The molecule has 0 spiro atoms. The number of rotatable bonds is 3. The molecule has 0 saturated carbocycles. The number of nitrogens with zero attached hydrogens (tertiary/aromatic N) is 3. The third kappa shape index (κ3) is 1.76. The molecule has 0 saturated heterocycles. The maximum Gasteiger partial charge on any atom is 0.277 e. The second kappa shape index (κ2) is 4.00. The molecule has 1 aromatic heterocycles. The summed E-state index contributed by atoms with van der Waals surface area (Å²) >= 11 is 0. The Balaban J connectivity index is 2.55. The van der Waals surface area contributed by atoms with Crippen LogP contribution in [0, 0.1) is 0 Å². The molecule has 1 heterocycles. The predicted octanol–water partition coefficient (Wildman–Crippen LogP) is 0.380. The van der Waals surface area contributed by atoms with Gasteiger partial charge < -0.3 is 4.79 Å². The maximum atomic E-state index is 11.8. The van der Waals surface area contributed by atoms with Crippen LogP contribution in [0.15, 0.2) is 29.1 Å². The van der Waals surface area contributed by atoms with Gasteiger partial charge in [0.1, 0.15) is 11.8 Å². The third-order valence-corrected chi connectivity index (χ3v) is 2.09. The quantitative estimate of drug-likeness (QED) is 0.676. The highest BCUT2D eigenvalue weighted by molar-refractivity contribution is 5.76. The van der Waals surface area contributed by atoms with E-state index in [0.29, 0.717) is 10.9 Å². The summed E-state index contributed by atoms with van der Waals surface area (Å²) in [5.74, 6) is 0. The summed E-state index contributed by atoms with van der Waals surface area (Å²) in [7, 11) is 0. The molecule has 0 unspecified atom stereocenters. The minimum Gasteiger partial charge on any atom is -0.303 e. The van der Waals surface area contributed by atoms with Crippen molar-refractivity contribution < 1.29 is 4.79 Å². The van der Waals surface area contributed by atoms with Crippen molar-refractivity contribution in [2.24, 2.45) is 0 Å². The zero-order chi connectivity index (χ0) is 10.7. The molecule has 5 heteroatoms. The summed E-state index contributed by atoms with van der Waals surface area (Å²) in [5, 5.41) is 8.16. The minimum atomic E-state index is -0.206. The van der Waals surface area contributed by atoms with E-state index in [1.165, 1.54) is 4.68 Å². The van der Waals surface area contributed by atoms with Gasteiger partial charge in [-0.25, -0.2) is 4.68 Å². The number of hydrogen-bond acceptors (Lipinski definition) is 4. The molecule has 15 heavy (non-hydrogen) atoms. The first-order valence-electron chi connectivity index (χ1n) is 4.59. The van der Waals surface area contributed by atoms with Gasteiger partial charge in [0.15, 0.2) is 0 Å². The van der Waals surface area contributed by atoms with Crippen molar-refractivity contribution in [1.82, 2.24) is 15.0 Å². The van der Waals surface area contributed by atoms with Crippen molar-refractivity contribution >= 4 is 17.2 Å². The van der Waals surface area contributed by atoms with Crippen LogP contribution in [0.2, 0.25) is 0 Å². The average molecular weight is 203 g/mol. The topological polar surface area (TPSA) is 64.8 Å². The summed E-state index contributed by atoms with van der Waals surface area (Å²) in [6.45, 7) is 0.278. The fourth-order valence-corrected chi connectivity index (χ4v) is 1.34. The van der Waals surface area contributed by atoms with Gasteiger partial charge in [0.2, 0.25) is 0 Å². The second-order valence-corrected chi connectivity index (χ2v) is 3.09. The summed E-state index contributed by atoms with van der Waals surface area (Å²) < 4.78 is 1.21. The SMILES string of the molecule is O=CCCn1nnc2ccccc2c1=O. The molecular formula is C10H9N3O2. The number of benzene rings is 1. The molecule has 0 atom stereocenters. The molecule has 0 aliphatic heterocycles. The Labute approximate surface area is 85.3 Å². The molecule has 0 bridgehead atoms. The van der Waals surface area contributed by atoms with E-state index in [1.807, 2.05) is 0 Å². The van der Waals surface area contributed by atoms with E-state index in [2.05, 4.69) is 10.3 Å². The Morgan fingerprint density at radius 2 is 2.13 bits per heavy atom. The minimum absolute atomic E-state index is 0.206. The van der Waals surface area contributed by atoms with Crippen LogP contribution in [0.5, 0.6) is 0 Å². The van der Waals surface area contributed by atoms with Crippen molar-refractivity contribution in [3.8, 4) is 0 Å². The molecule has 0 aliphatic rings. The van der Waals surface area contributed by atoms with E-state index < -0.39 is 0 Å². The van der Waals surface area contributed by atoms with E-state index in [4.69, 9.17) is 0 Å². The lowest BCUT2D eigenvalue weighted by atomic mass is 10.2. The van der Waals surface area contributed by atoms with Crippen LogP contribution >= 0.6 is 0 Å². The van der Waals surface area contributed by atoms with Crippen LogP contribution in [0.4, 0.5) is 0 Å². The summed E-state index contributed by atoms with van der Waals surface area (Å²) in [6.07, 6.45) is 1.02. The van der Waals surface area contributed by atoms with E-state index >= 15 is 0 Å². The molecular weight excluding hydrogens is 194 g/mol. The van der Waals surface area contributed by atoms with Crippen LogP contribution in [-0.2, 0) is 11.3 Å². The lowest BCUT2D eigenvalue weighted by molar-refractivity contribution is -0.108. The summed E-state index contributed by atoms with van der Waals surface area (Å²) in [4.78, 5) is 22.0. The summed E-state index contributed by atoms with van der Waals surface area (Å²) in [6, 6.07) is 7.00. The van der Waals surface area contributed by atoms with Crippen LogP contribution in [0.1, 0.15) is 6.42 Å². The normalized spacial score (nSPS) is 10.4. The molecule has 0 radical (unpaired) electrons. The van der Waals surface area contributed by atoms with Crippen molar-refractivity contribution in [1.29, 1.82) is 0 Å². The Morgan fingerprint density at radius 1 is 1.33 bits per heavy atom. The highest BCUT2D eigenvalue weighted by atomic mass is 16.1. The third-order valence-electron chi connectivity index (χ3n) is 2.09. The Kier molecular flexibility index (Phi) is 2.53. The monoisotopic (exact) mass is 203 g/mol. The van der Waals surface area contributed by atoms with Crippen LogP contribution in [0.3, 0.4) is 0 Å². The fraction of sp³-hybridized carbons (Fsp3) is 0.200. The zero-order valence-electron chi connectivity index (χ0n) is 7.96. The Bertz CT molecular complexity index is 548. The van der Waals surface area contributed by atoms with Gasteiger partial charge in [-0.05, 0) is 12.1 Å². The van der Waals surface area contributed by atoms with E-state index in [0.717, 1.165) is 6.29 Å². The fourth-order valence-electron chi connectivity index (χ4n) is 1.34. The Morgan fingerprint density at radius 3 is 2.93 bits per heavy atom. The molecule has 0 amide bonds. The smallest absolute Gasteiger partial charge is 0.277 e. The summed E-state index contributed by atoms with van der Waals surface area (Å²) in [5.41, 5.74) is 0.368. The lowest BCUT2D eigenvalue weighted by Gasteiger charge is -2.01. The van der Waals surface area contributed by atoms with Crippen LogP contribution in [-0.4, -0.2) is 21.3 Å². The number of carbonyl (C=O) groups excluding carboxylic acids is 1. The van der Waals surface area contributed by atoms with Gasteiger partial charge >= 0.3 is 0 Å². The number of aromatic nitrogens is 3. The first-order chi connectivity index (χ1) is 7.33. The van der Waals surface area contributed by atoms with E-state index in [-0.39, 0.29) is 18.5 Å². The molecule has 0 N–H and O–H groups in total. The second-order valence-electron chi connectivity index (χ2n) is 3.09. The van der Waals surface area contributed by atoms with Gasteiger partial charge in [0.25, 0.3) is 5.56 Å². The first kappa shape index (κ1) is 9.51. The molecule has 0 aliphatic carbocycles. The van der Waals surface area contributed by atoms with Crippen molar-refractivity contribution in [2.75, 3.05) is 0 Å². The lowest BCUT2D eigenvalue weighted by Crippen LogP contribution is -2.24.